The summed E-state index contributed by atoms with van der Waals surface area (Å²) < 4.78 is 28.7. The number of nitrogens with one attached hydrogen (secondary N) is 1. The van der Waals surface area contributed by atoms with Crippen LogP contribution in [0.1, 0.15) is 30.9 Å². The number of rotatable bonds is 1. The second-order valence-corrected chi connectivity index (χ2v) is 5.43. The molecule has 2 aliphatic rings. The van der Waals surface area contributed by atoms with E-state index in [-0.39, 0.29) is 5.78 Å². The molecule has 0 spiro atoms. The Morgan fingerprint density at radius 1 is 1.18 bits per heavy atom. The number of Topliss-reactive ketones (excluding diaryl/α,β-unsaturated/α-hetero) is 1. The number of nitrogens with zero attached hydrogens (tertiary/aromatic N) is 3. The molecule has 1 aliphatic carbocycles. The lowest BCUT2D eigenvalue weighted by molar-refractivity contribution is -0.116. The van der Waals surface area contributed by atoms with Gasteiger partial charge in [0.15, 0.2) is 5.78 Å². The number of hydrogen-bond acceptors (Lipinski definition) is 4. The number of benzene rings is 1. The number of carbonyl (C=O) groups excluding carboxylic acids is 1. The van der Waals surface area contributed by atoms with Crippen LogP contribution < -0.4 is 5.32 Å². The highest BCUT2D eigenvalue weighted by atomic mass is 19.1. The SMILES string of the molecule is O=C1CCCC2=C1[C@H](c1cc(F)cc(F)c1)n1ncnc1N2. The number of fused-ring (bicyclic) bond motifs is 1. The maximum Gasteiger partial charge on any atom is 0.226 e. The van der Waals surface area contributed by atoms with E-state index in [1.807, 2.05) is 0 Å². The Morgan fingerprint density at radius 3 is 2.73 bits per heavy atom. The molecule has 0 saturated heterocycles. The van der Waals surface area contributed by atoms with E-state index in [4.69, 9.17) is 0 Å². The summed E-state index contributed by atoms with van der Waals surface area (Å²) in [4.78, 5) is 16.5. The Morgan fingerprint density at radius 2 is 1.95 bits per heavy atom. The van der Waals surface area contributed by atoms with Gasteiger partial charge in [0.2, 0.25) is 5.95 Å². The number of halogens is 2. The van der Waals surface area contributed by atoms with Gasteiger partial charge < -0.3 is 5.32 Å². The summed E-state index contributed by atoms with van der Waals surface area (Å²) in [6.45, 7) is 0. The molecule has 0 radical (unpaired) electrons. The number of allylic oxidation sites excluding steroid dienone is 2. The van der Waals surface area contributed by atoms with Crippen molar-refractivity contribution in [2.24, 2.45) is 0 Å². The Hall–Kier alpha value is -2.57. The van der Waals surface area contributed by atoms with Gasteiger partial charge in [-0.1, -0.05) is 0 Å². The average molecular weight is 302 g/mol. The van der Waals surface area contributed by atoms with Crippen molar-refractivity contribution in [2.45, 2.75) is 25.3 Å². The van der Waals surface area contributed by atoms with Crippen molar-refractivity contribution < 1.29 is 13.6 Å². The van der Waals surface area contributed by atoms with Gasteiger partial charge in [0.25, 0.3) is 0 Å². The summed E-state index contributed by atoms with van der Waals surface area (Å²) in [7, 11) is 0. The van der Waals surface area contributed by atoms with E-state index in [0.717, 1.165) is 18.2 Å². The predicted molar refractivity (Wildman–Crippen MR) is 74.0 cm³/mol. The summed E-state index contributed by atoms with van der Waals surface area (Å²) in [5, 5.41) is 7.21. The molecule has 4 rings (SSSR count). The molecule has 1 atom stereocenters. The molecule has 5 nitrogen and oxygen atoms in total. The van der Waals surface area contributed by atoms with E-state index in [9.17, 15) is 13.6 Å². The third-order valence-corrected chi connectivity index (χ3v) is 4.01. The highest BCUT2D eigenvalue weighted by molar-refractivity contribution is 5.99. The van der Waals surface area contributed by atoms with E-state index in [0.29, 0.717) is 29.9 Å². The van der Waals surface area contributed by atoms with Crippen LogP contribution in [-0.4, -0.2) is 20.5 Å². The smallest absolute Gasteiger partial charge is 0.226 e. The largest absolute Gasteiger partial charge is 0.328 e. The first-order valence-corrected chi connectivity index (χ1v) is 7.02. The van der Waals surface area contributed by atoms with E-state index in [1.54, 1.807) is 0 Å². The van der Waals surface area contributed by atoms with Crippen molar-refractivity contribution in [1.82, 2.24) is 14.8 Å². The minimum atomic E-state index is -0.680. The van der Waals surface area contributed by atoms with Gasteiger partial charge in [-0.15, -0.1) is 0 Å². The number of aromatic nitrogens is 3. The molecule has 1 N–H and O–H groups in total. The van der Waals surface area contributed by atoms with Crippen LogP contribution >= 0.6 is 0 Å². The van der Waals surface area contributed by atoms with Crippen molar-refractivity contribution in [2.75, 3.05) is 5.32 Å². The molecule has 0 fully saturated rings. The summed E-state index contributed by atoms with van der Waals surface area (Å²) in [5.74, 6) is -0.908. The second-order valence-electron chi connectivity index (χ2n) is 5.43. The van der Waals surface area contributed by atoms with Crippen LogP contribution in [0.4, 0.5) is 14.7 Å². The standard InChI is InChI=1S/C15H12F2N4O/c16-9-4-8(5-10(17)6-9)14-13-11(2-1-3-12(13)22)20-15-18-7-19-21(14)15/h4-7,14H,1-3H2,(H,18,19,20)/t14-/m0/s1. The summed E-state index contributed by atoms with van der Waals surface area (Å²) in [5.41, 5.74) is 1.65. The normalized spacial score (nSPS) is 20.5. The summed E-state index contributed by atoms with van der Waals surface area (Å²) in [6, 6.07) is 2.63. The van der Waals surface area contributed by atoms with Gasteiger partial charge in [-0.3, -0.25) is 4.79 Å². The molecule has 0 amide bonds. The summed E-state index contributed by atoms with van der Waals surface area (Å²) in [6.07, 6.45) is 3.25. The van der Waals surface area contributed by atoms with Gasteiger partial charge in [0, 0.05) is 23.8 Å². The molecule has 1 aliphatic heterocycles. The number of hydrogen-bond donors (Lipinski definition) is 1. The zero-order chi connectivity index (χ0) is 15.3. The van der Waals surface area contributed by atoms with Crippen LogP contribution in [-0.2, 0) is 4.79 Å². The molecule has 1 aromatic carbocycles. The number of carbonyl (C=O) groups is 1. The first-order chi connectivity index (χ1) is 10.6. The highest BCUT2D eigenvalue weighted by Gasteiger charge is 2.36. The molecule has 2 aromatic rings. The number of ketones is 1. The molecule has 0 unspecified atom stereocenters. The van der Waals surface area contributed by atoms with Crippen LogP contribution in [0.2, 0.25) is 0 Å². The van der Waals surface area contributed by atoms with Gasteiger partial charge >= 0.3 is 0 Å². The van der Waals surface area contributed by atoms with Crippen LogP contribution in [0.3, 0.4) is 0 Å². The maximum absolute atomic E-state index is 13.6. The minimum Gasteiger partial charge on any atom is -0.328 e. The van der Waals surface area contributed by atoms with Gasteiger partial charge in [-0.05, 0) is 30.5 Å². The zero-order valence-corrected chi connectivity index (χ0v) is 11.5. The lowest BCUT2D eigenvalue weighted by Crippen LogP contribution is -2.31. The third kappa shape index (κ3) is 1.93. The fraction of sp³-hybridized carbons (Fsp3) is 0.267. The first-order valence-electron chi connectivity index (χ1n) is 7.02. The molecule has 0 bridgehead atoms. The van der Waals surface area contributed by atoms with Gasteiger partial charge in [0.1, 0.15) is 24.0 Å². The van der Waals surface area contributed by atoms with E-state index in [2.05, 4.69) is 15.4 Å². The van der Waals surface area contributed by atoms with Crippen LogP contribution in [0.15, 0.2) is 35.8 Å². The highest BCUT2D eigenvalue weighted by Crippen LogP contribution is 2.39. The molecule has 1 aromatic heterocycles. The monoisotopic (exact) mass is 302 g/mol. The third-order valence-electron chi connectivity index (χ3n) is 4.01. The second kappa shape index (κ2) is 4.72. The van der Waals surface area contributed by atoms with Crippen LogP contribution in [0.5, 0.6) is 0 Å². The lowest BCUT2D eigenvalue weighted by atomic mass is 9.85. The van der Waals surface area contributed by atoms with Gasteiger partial charge in [0.05, 0.1) is 0 Å². The van der Waals surface area contributed by atoms with E-state index < -0.39 is 17.7 Å². The maximum atomic E-state index is 13.6. The first kappa shape index (κ1) is 13.1. The molecule has 0 saturated carbocycles. The fourth-order valence-electron chi connectivity index (χ4n) is 3.14. The minimum absolute atomic E-state index is 0.0235. The fourth-order valence-corrected chi connectivity index (χ4v) is 3.14. The lowest BCUT2D eigenvalue weighted by Gasteiger charge is -2.32. The Labute approximate surface area is 124 Å². The van der Waals surface area contributed by atoms with Crippen molar-refractivity contribution >= 4 is 11.7 Å². The Kier molecular flexibility index (Phi) is 2.82. The molecule has 7 heteroatoms. The average Bonchev–Trinajstić information content (AvgIpc) is 2.92. The van der Waals surface area contributed by atoms with Crippen molar-refractivity contribution in [1.29, 1.82) is 0 Å². The predicted octanol–water partition coefficient (Wildman–Crippen LogP) is 2.58. The van der Waals surface area contributed by atoms with Crippen molar-refractivity contribution in [3.05, 3.63) is 53.0 Å². The molecular weight excluding hydrogens is 290 g/mol. The zero-order valence-electron chi connectivity index (χ0n) is 11.5. The number of anilines is 1. The van der Waals surface area contributed by atoms with Gasteiger partial charge in [-0.25, -0.2) is 13.5 Å². The van der Waals surface area contributed by atoms with Crippen LogP contribution in [0.25, 0.3) is 0 Å². The molecule has 112 valence electrons. The molecular formula is C15H12F2N4O. The molecule has 2 heterocycles. The van der Waals surface area contributed by atoms with Gasteiger partial charge in [-0.2, -0.15) is 10.1 Å². The van der Waals surface area contributed by atoms with Crippen LogP contribution in [0, 0.1) is 11.6 Å². The van der Waals surface area contributed by atoms with E-state index in [1.165, 1.54) is 23.1 Å². The topological polar surface area (TPSA) is 59.8 Å². The van der Waals surface area contributed by atoms with Crippen molar-refractivity contribution in [3.8, 4) is 0 Å². The Balaban J connectivity index is 1.94. The quantitative estimate of drug-likeness (QED) is 0.879. The Bertz CT molecular complexity index is 791. The van der Waals surface area contributed by atoms with E-state index >= 15 is 0 Å². The van der Waals surface area contributed by atoms with Crippen molar-refractivity contribution in [3.63, 3.8) is 0 Å². The molecule has 22 heavy (non-hydrogen) atoms. The summed E-state index contributed by atoms with van der Waals surface area (Å²) >= 11 is 0.